The summed E-state index contributed by atoms with van der Waals surface area (Å²) in [6.07, 6.45) is 5.68. The molecule has 1 aliphatic carbocycles. The van der Waals surface area contributed by atoms with Gasteiger partial charge in [0, 0.05) is 13.1 Å². The molecule has 0 aliphatic heterocycles. The van der Waals surface area contributed by atoms with Gasteiger partial charge in [0.25, 0.3) is 0 Å². The Morgan fingerprint density at radius 1 is 1.29 bits per heavy atom. The third-order valence-corrected chi connectivity index (χ3v) is 5.76. The van der Waals surface area contributed by atoms with E-state index >= 15 is 0 Å². The Bertz CT molecular complexity index is 1030. The summed E-state index contributed by atoms with van der Waals surface area (Å²) in [6.45, 7) is 2.00. The summed E-state index contributed by atoms with van der Waals surface area (Å²) >= 11 is 0. The van der Waals surface area contributed by atoms with Crippen molar-refractivity contribution in [3.8, 4) is 5.75 Å². The Morgan fingerprint density at radius 3 is 3.04 bits per heavy atom. The molecule has 3 aromatic rings. The summed E-state index contributed by atoms with van der Waals surface area (Å²) in [5.74, 6) is 1.57. The summed E-state index contributed by atoms with van der Waals surface area (Å²) in [5, 5.41) is 0.535. The smallest absolute Gasteiger partial charge is 0.346 e. The molecule has 5 nitrogen and oxygen atoms in total. The number of hydrogen-bond donors (Lipinski definition) is 0. The average molecular weight is 378 g/mol. The van der Waals surface area contributed by atoms with Crippen LogP contribution in [0.15, 0.2) is 52.0 Å². The maximum Gasteiger partial charge on any atom is 0.346 e. The van der Waals surface area contributed by atoms with Gasteiger partial charge in [0.05, 0.1) is 18.0 Å². The Labute approximate surface area is 165 Å². The second-order valence-corrected chi connectivity index (χ2v) is 7.62. The molecule has 28 heavy (non-hydrogen) atoms. The first-order chi connectivity index (χ1) is 13.7. The topological polar surface area (TPSA) is 55.6 Å². The lowest BCUT2D eigenvalue weighted by molar-refractivity contribution is 0.299. The maximum atomic E-state index is 11.7. The van der Waals surface area contributed by atoms with E-state index in [4.69, 9.17) is 9.15 Å². The fourth-order valence-corrected chi connectivity index (χ4v) is 4.29. The first-order valence-electron chi connectivity index (χ1n) is 9.86. The Kier molecular flexibility index (Phi) is 5.44. The molecule has 1 aliphatic rings. The fraction of sp³-hybridized carbons (Fsp3) is 0.391. The molecule has 0 radical (unpaired) electrons. The molecule has 0 bridgehead atoms. The average Bonchev–Trinajstić information content (AvgIpc) is 2.72. The monoisotopic (exact) mass is 378 g/mol. The fourth-order valence-electron chi connectivity index (χ4n) is 4.29. The molecule has 1 unspecified atom stereocenters. The Balaban J connectivity index is 1.42. The van der Waals surface area contributed by atoms with Crippen molar-refractivity contribution in [3.63, 3.8) is 0 Å². The van der Waals surface area contributed by atoms with Gasteiger partial charge in [-0.1, -0.05) is 18.2 Å². The van der Waals surface area contributed by atoms with Crippen molar-refractivity contribution in [1.82, 2.24) is 9.88 Å². The van der Waals surface area contributed by atoms with Crippen LogP contribution in [0.3, 0.4) is 0 Å². The van der Waals surface area contributed by atoms with Crippen LogP contribution >= 0.6 is 0 Å². The minimum atomic E-state index is -0.333. The van der Waals surface area contributed by atoms with Gasteiger partial charge in [-0.3, -0.25) is 0 Å². The van der Waals surface area contributed by atoms with Crippen molar-refractivity contribution >= 4 is 10.9 Å². The lowest BCUT2D eigenvalue weighted by Gasteiger charge is -2.30. The molecule has 0 amide bonds. The van der Waals surface area contributed by atoms with Crippen LogP contribution in [0.5, 0.6) is 5.75 Å². The molecule has 2 aromatic carbocycles. The maximum absolute atomic E-state index is 11.7. The predicted octanol–water partition coefficient (Wildman–Crippen LogP) is 3.79. The van der Waals surface area contributed by atoms with Crippen molar-refractivity contribution in [2.75, 3.05) is 27.2 Å². The van der Waals surface area contributed by atoms with Crippen molar-refractivity contribution in [2.24, 2.45) is 0 Å². The predicted molar refractivity (Wildman–Crippen MR) is 110 cm³/mol. The van der Waals surface area contributed by atoms with Crippen LogP contribution in [0.1, 0.15) is 35.4 Å². The van der Waals surface area contributed by atoms with Gasteiger partial charge in [-0.15, -0.1) is 0 Å². The lowest BCUT2D eigenvalue weighted by Crippen LogP contribution is -2.28. The number of fused-ring (bicyclic) bond motifs is 2. The number of nitrogens with zero attached hydrogens (tertiary/aromatic N) is 2. The highest BCUT2D eigenvalue weighted by molar-refractivity contribution is 5.77. The number of methoxy groups -OCH3 is 1. The number of likely N-dealkylation sites (N-methyl/N-ethyl adjacent to an activating group) is 1. The van der Waals surface area contributed by atoms with Gasteiger partial charge in [0.2, 0.25) is 0 Å². The molecule has 0 spiro atoms. The number of aromatic nitrogens is 1. The number of benzene rings is 2. The number of rotatable bonds is 6. The van der Waals surface area contributed by atoms with Crippen LogP contribution in [0.4, 0.5) is 0 Å². The zero-order valence-electron chi connectivity index (χ0n) is 16.5. The normalized spacial score (nSPS) is 16.3. The van der Waals surface area contributed by atoms with Crippen molar-refractivity contribution in [2.45, 2.75) is 31.6 Å². The van der Waals surface area contributed by atoms with Crippen LogP contribution < -0.4 is 10.4 Å². The second kappa shape index (κ2) is 8.15. The Hall–Kier alpha value is -2.66. The standard InChI is InChI=1S/C23H26N2O3/c1-25(12-11-16-9-10-20-21(13-16)24-15-28-23(20)26)14-17-5-3-7-19-18(17)6-4-8-22(19)27-2/h4,6,8-10,13,15,17H,3,5,7,11-12,14H2,1-2H3. The molecule has 1 atom stereocenters. The van der Waals surface area contributed by atoms with E-state index in [1.54, 1.807) is 7.11 Å². The van der Waals surface area contributed by atoms with Gasteiger partial charge in [0.1, 0.15) is 5.75 Å². The molecule has 0 fully saturated rings. The molecular weight excluding hydrogens is 352 g/mol. The summed E-state index contributed by atoms with van der Waals surface area (Å²) < 4.78 is 10.4. The zero-order chi connectivity index (χ0) is 19.5. The summed E-state index contributed by atoms with van der Waals surface area (Å²) in [5.41, 5.74) is 4.38. The molecule has 1 aromatic heterocycles. The first-order valence-corrected chi connectivity index (χ1v) is 9.86. The van der Waals surface area contributed by atoms with Crippen LogP contribution in [0.2, 0.25) is 0 Å². The highest BCUT2D eigenvalue weighted by Gasteiger charge is 2.23. The second-order valence-electron chi connectivity index (χ2n) is 7.62. The molecule has 5 heteroatoms. The van der Waals surface area contributed by atoms with E-state index in [0.717, 1.165) is 31.7 Å². The minimum Gasteiger partial charge on any atom is -0.496 e. The summed E-state index contributed by atoms with van der Waals surface area (Å²) in [6, 6.07) is 12.2. The first kappa shape index (κ1) is 18.7. The highest BCUT2D eigenvalue weighted by atomic mass is 16.5. The van der Waals surface area contributed by atoms with Gasteiger partial charge < -0.3 is 14.1 Å². The summed E-state index contributed by atoms with van der Waals surface area (Å²) in [4.78, 5) is 18.3. The van der Waals surface area contributed by atoms with E-state index in [2.05, 4.69) is 35.1 Å². The molecular formula is C23H26N2O3. The lowest BCUT2D eigenvalue weighted by atomic mass is 9.82. The summed E-state index contributed by atoms with van der Waals surface area (Å²) in [7, 11) is 3.94. The number of hydrogen-bond acceptors (Lipinski definition) is 5. The van der Waals surface area contributed by atoms with Crippen molar-refractivity contribution in [3.05, 3.63) is 69.9 Å². The van der Waals surface area contributed by atoms with Gasteiger partial charge in [-0.25, -0.2) is 9.78 Å². The zero-order valence-corrected chi connectivity index (χ0v) is 16.5. The van der Waals surface area contributed by atoms with Crippen LogP contribution in [-0.4, -0.2) is 37.1 Å². The van der Waals surface area contributed by atoms with E-state index in [0.29, 0.717) is 16.8 Å². The van der Waals surface area contributed by atoms with Crippen molar-refractivity contribution < 1.29 is 9.15 Å². The van der Waals surface area contributed by atoms with Gasteiger partial charge >= 0.3 is 5.63 Å². The van der Waals surface area contributed by atoms with Gasteiger partial charge in [-0.05, 0) is 73.5 Å². The molecule has 0 saturated carbocycles. The SMILES string of the molecule is COc1cccc2c1CCCC2CN(C)CCc1ccc2c(=O)ocnc2c1. The van der Waals surface area contributed by atoms with Gasteiger partial charge in [-0.2, -0.15) is 0 Å². The van der Waals surface area contributed by atoms with E-state index in [1.807, 2.05) is 18.2 Å². The minimum absolute atomic E-state index is 0.333. The highest BCUT2D eigenvalue weighted by Crippen LogP contribution is 2.36. The van der Waals surface area contributed by atoms with E-state index < -0.39 is 0 Å². The van der Waals surface area contributed by atoms with Crippen LogP contribution in [-0.2, 0) is 12.8 Å². The van der Waals surface area contributed by atoms with Gasteiger partial charge in [0.15, 0.2) is 6.39 Å². The van der Waals surface area contributed by atoms with E-state index in [-0.39, 0.29) is 5.63 Å². The number of ether oxygens (including phenoxy) is 1. The third-order valence-electron chi connectivity index (χ3n) is 5.76. The van der Waals surface area contributed by atoms with Crippen LogP contribution in [0, 0.1) is 0 Å². The molecule has 1 heterocycles. The largest absolute Gasteiger partial charge is 0.496 e. The molecule has 4 rings (SSSR count). The third kappa shape index (κ3) is 3.80. The molecule has 0 N–H and O–H groups in total. The Morgan fingerprint density at radius 2 is 2.18 bits per heavy atom. The van der Waals surface area contributed by atoms with E-state index in [9.17, 15) is 4.79 Å². The van der Waals surface area contributed by atoms with Crippen molar-refractivity contribution in [1.29, 1.82) is 0 Å². The quantitative estimate of drug-likeness (QED) is 0.653. The molecule has 0 saturated heterocycles. The van der Waals surface area contributed by atoms with Crippen LogP contribution in [0.25, 0.3) is 10.9 Å². The molecule has 146 valence electrons. The van der Waals surface area contributed by atoms with E-state index in [1.165, 1.54) is 35.9 Å².